The Kier molecular flexibility index (Phi) is 7.73. The molecule has 1 fully saturated rings. The molecule has 0 atom stereocenters. The molecule has 9 heteroatoms. The third kappa shape index (κ3) is 5.83. The molecular weight excluding hydrogens is 485 g/mol. The van der Waals surface area contributed by atoms with Gasteiger partial charge in [0.2, 0.25) is 5.95 Å². The molecule has 3 N–H and O–H groups in total. The Morgan fingerprint density at radius 1 is 1.24 bits per heavy atom. The Bertz CT molecular complexity index is 828. The number of methoxy groups -OCH3 is 1. The predicted octanol–water partition coefficient (Wildman–Crippen LogP) is 3.33. The molecule has 29 heavy (non-hydrogen) atoms. The van der Waals surface area contributed by atoms with Gasteiger partial charge in [0.05, 0.1) is 30.1 Å². The molecule has 0 bridgehead atoms. The van der Waals surface area contributed by atoms with E-state index >= 15 is 0 Å². The highest BCUT2D eigenvalue weighted by Crippen LogP contribution is 2.37. The van der Waals surface area contributed by atoms with Crippen LogP contribution in [0.5, 0.6) is 17.2 Å². The van der Waals surface area contributed by atoms with Gasteiger partial charge in [0.25, 0.3) is 0 Å². The fourth-order valence-electron chi connectivity index (χ4n) is 3.06. The summed E-state index contributed by atoms with van der Waals surface area (Å²) in [5.41, 5.74) is 7.17. The van der Waals surface area contributed by atoms with Gasteiger partial charge < -0.3 is 25.3 Å². The highest BCUT2D eigenvalue weighted by molar-refractivity contribution is 14.1. The van der Waals surface area contributed by atoms with Crippen LogP contribution in [0, 0.1) is 3.57 Å². The topological polar surface area (TPSA) is 94.8 Å². The van der Waals surface area contributed by atoms with Crippen molar-refractivity contribution < 1.29 is 14.2 Å². The maximum atomic E-state index is 6.13. The van der Waals surface area contributed by atoms with Crippen molar-refractivity contribution >= 4 is 34.4 Å². The molecule has 1 aliphatic rings. The van der Waals surface area contributed by atoms with Crippen molar-refractivity contribution in [1.29, 1.82) is 0 Å². The van der Waals surface area contributed by atoms with Crippen molar-refractivity contribution in [3.05, 3.63) is 27.5 Å². The third-order valence-corrected chi connectivity index (χ3v) is 5.57. The number of anilines is 2. The highest BCUT2D eigenvalue weighted by Gasteiger charge is 2.16. The maximum absolute atomic E-state index is 6.13. The summed E-state index contributed by atoms with van der Waals surface area (Å²) in [6, 6.07) is 3.95. The van der Waals surface area contributed by atoms with Crippen LogP contribution in [0.1, 0.15) is 25.3 Å². The molecular formula is C20H28IN5O3. The number of halogens is 1. The van der Waals surface area contributed by atoms with E-state index in [1.807, 2.05) is 12.1 Å². The lowest BCUT2D eigenvalue weighted by Gasteiger charge is -2.26. The van der Waals surface area contributed by atoms with Gasteiger partial charge in [-0.15, -0.1) is 0 Å². The van der Waals surface area contributed by atoms with Crippen LogP contribution in [-0.4, -0.2) is 61.4 Å². The summed E-state index contributed by atoms with van der Waals surface area (Å²) in [4.78, 5) is 11.0. The molecule has 8 nitrogen and oxygen atoms in total. The Hall–Kier alpha value is -1.85. The Balaban J connectivity index is 1.66. The van der Waals surface area contributed by atoms with Crippen LogP contribution in [0.2, 0.25) is 0 Å². The zero-order valence-electron chi connectivity index (χ0n) is 17.1. The molecule has 1 aromatic carbocycles. The van der Waals surface area contributed by atoms with Crippen LogP contribution >= 0.6 is 22.6 Å². The second kappa shape index (κ2) is 10.3. The van der Waals surface area contributed by atoms with Gasteiger partial charge in [0, 0.05) is 31.7 Å². The summed E-state index contributed by atoms with van der Waals surface area (Å²) < 4.78 is 17.8. The molecule has 0 radical (unpaired) electrons. The van der Waals surface area contributed by atoms with Crippen LogP contribution in [0.25, 0.3) is 0 Å². The number of benzene rings is 1. The van der Waals surface area contributed by atoms with Gasteiger partial charge in [-0.05, 0) is 40.6 Å². The minimum atomic E-state index is 0.263. The second-order valence-corrected chi connectivity index (χ2v) is 8.27. The quantitative estimate of drug-likeness (QED) is 0.520. The van der Waals surface area contributed by atoms with E-state index in [0.29, 0.717) is 17.5 Å². The van der Waals surface area contributed by atoms with Crippen molar-refractivity contribution in [1.82, 2.24) is 14.9 Å². The first-order valence-electron chi connectivity index (χ1n) is 9.69. The van der Waals surface area contributed by atoms with Crippen LogP contribution in [0.4, 0.5) is 11.8 Å². The minimum absolute atomic E-state index is 0.263. The van der Waals surface area contributed by atoms with Gasteiger partial charge in [0.1, 0.15) is 11.5 Å². The lowest BCUT2D eigenvalue weighted by molar-refractivity contribution is 0.0398. The Labute approximate surface area is 185 Å². The summed E-state index contributed by atoms with van der Waals surface area (Å²) in [7, 11) is 1.67. The van der Waals surface area contributed by atoms with Gasteiger partial charge >= 0.3 is 0 Å². The first kappa shape index (κ1) is 21.8. The van der Waals surface area contributed by atoms with Crippen molar-refractivity contribution in [2.45, 2.75) is 19.8 Å². The van der Waals surface area contributed by atoms with E-state index in [0.717, 1.165) is 60.0 Å². The number of nitrogens with zero attached hydrogens (tertiary/aromatic N) is 3. The van der Waals surface area contributed by atoms with Gasteiger partial charge in [-0.2, -0.15) is 4.98 Å². The molecule has 1 saturated heterocycles. The monoisotopic (exact) mass is 513 g/mol. The molecule has 158 valence electrons. The van der Waals surface area contributed by atoms with E-state index < -0.39 is 0 Å². The molecule has 0 spiro atoms. The summed E-state index contributed by atoms with van der Waals surface area (Å²) in [6.07, 6.45) is 1.61. The zero-order valence-corrected chi connectivity index (χ0v) is 19.2. The minimum Gasteiger partial charge on any atom is -0.496 e. The summed E-state index contributed by atoms with van der Waals surface area (Å²) in [5, 5.41) is 3.22. The number of morpholine rings is 1. The molecule has 3 rings (SSSR count). The van der Waals surface area contributed by atoms with E-state index in [1.54, 1.807) is 13.3 Å². The lowest BCUT2D eigenvalue weighted by atomic mass is 10.0. The van der Waals surface area contributed by atoms with Crippen LogP contribution in [0.3, 0.4) is 0 Å². The van der Waals surface area contributed by atoms with Crippen molar-refractivity contribution in [3.63, 3.8) is 0 Å². The van der Waals surface area contributed by atoms with Crippen molar-refractivity contribution in [2.24, 2.45) is 0 Å². The molecule has 2 aromatic rings. The van der Waals surface area contributed by atoms with Gasteiger partial charge in [-0.1, -0.05) is 13.8 Å². The third-order valence-electron chi connectivity index (χ3n) is 4.72. The SMILES string of the molecule is COc1cc(C(C)C)c(Oc2cnc(NCCN3CCOCC3)nc2N)cc1I. The maximum Gasteiger partial charge on any atom is 0.224 e. The first-order chi connectivity index (χ1) is 14.0. The van der Waals surface area contributed by atoms with E-state index in [1.165, 1.54) is 0 Å². The van der Waals surface area contributed by atoms with Crippen molar-refractivity contribution in [2.75, 3.05) is 57.6 Å². The molecule has 1 aliphatic heterocycles. The number of nitrogen functional groups attached to an aromatic ring is 1. The summed E-state index contributed by atoms with van der Waals surface area (Å²) in [6.45, 7) is 9.36. The van der Waals surface area contributed by atoms with E-state index in [-0.39, 0.29) is 5.92 Å². The zero-order chi connectivity index (χ0) is 20.8. The molecule has 0 unspecified atom stereocenters. The Morgan fingerprint density at radius 3 is 2.66 bits per heavy atom. The summed E-state index contributed by atoms with van der Waals surface area (Å²) in [5.74, 6) is 3.05. The van der Waals surface area contributed by atoms with Gasteiger partial charge in [-0.25, -0.2) is 4.98 Å². The molecule has 0 saturated carbocycles. The fraction of sp³-hybridized carbons (Fsp3) is 0.500. The first-order valence-corrected chi connectivity index (χ1v) is 10.8. The number of rotatable bonds is 8. The average Bonchev–Trinajstić information content (AvgIpc) is 2.70. The molecule has 1 aromatic heterocycles. The molecule has 0 amide bonds. The molecule has 0 aliphatic carbocycles. The van der Waals surface area contributed by atoms with Gasteiger partial charge in [-0.3, -0.25) is 4.90 Å². The largest absolute Gasteiger partial charge is 0.496 e. The Morgan fingerprint density at radius 2 is 2.00 bits per heavy atom. The van der Waals surface area contributed by atoms with E-state index in [2.05, 4.69) is 56.6 Å². The normalized spacial score (nSPS) is 14.8. The predicted molar refractivity (Wildman–Crippen MR) is 122 cm³/mol. The number of aromatic nitrogens is 2. The number of nitrogens with two attached hydrogens (primary N) is 1. The molecule has 2 heterocycles. The smallest absolute Gasteiger partial charge is 0.224 e. The lowest BCUT2D eigenvalue weighted by Crippen LogP contribution is -2.39. The van der Waals surface area contributed by atoms with Crippen LogP contribution < -0.4 is 20.5 Å². The van der Waals surface area contributed by atoms with Crippen molar-refractivity contribution in [3.8, 4) is 17.2 Å². The standard InChI is InChI=1S/C20H28IN5O3/c1-13(2)14-10-17(27-3)15(21)11-16(14)29-18-12-24-20(25-19(18)22)23-4-5-26-6-8-28-9-7-26/h10-13H,4-9H2,1-3H3,(H3,22,23,24,25). The number of hydrogen-bond acceptors (Lipinski definition) is 8. The van der Waals surface area contributed by atoms with E-state index in [4.69, 9.17) is 19.9 Å². The van der Waals surface area contributed by atoms with Crippen LogP contribution in [0.15, 0.2) is 18.3 Å². The van der Waals surface area contributed by atoms with E-state index in [9.17, 15) is 0 Å². The average molecular weight is 513 g/mol. The second-order valence-electron chi connectivity index (χ2n) is 7.11. The van der Waals surface area contributed by atoms with Crippen LogP contribution in [-0.2, 0) is 4.74 Å². The number of ether oxygens (including phenoxy) is 3. The highest BCUT2D eigenvalue weighted by atomic mass is 127. The number of nitrogens with one attached hydrogen (secondary N) is 1. The summed E-state index contributed by atoms with van der Waals surface area (Å²) >= 11 is 2.23. The number of hydrogen-bond donors (Lipinski definition) is 2. The van der Waals surface area contributed by atoms with Gasteiger partial charge in [0.15, 0.2) is 11.6 Å². The fourth-order valence-corrected chi connectivity index (χ4v) is 3.72.